The van der Waals surface area contributed by atoms with Crippen LogP contribution in [0.4, 0.5) is 0 Å². The Kier molecular flexibility index (Phi) is 9.86. The average molecular weight is 510 g/mol. The Morgan fingerprint density at radius 2 is 1.53 bits per heavy atom. The summed E-state index contributed by atoms with van der Waals surface area (Å²) in [5.74, 6) is -0.794. The molecule has 8 nitrogen and oxygen atoms in total. The van der Waals surface area contributed by atoms with Gasteiger partial charge in [0.05, 0.1) is 25.7 Å². The van der Waals surface area contributed by atoms with Crippen LogP contribution in [0.15, 0.2) is 42.5 Å². The van der Waals surface area contributed by atoms with Gasteiger partial charge in [0, 0.05) is 46.4 Å². The summed E-state index contributed by atoms with van der Waals surface area (Å²) in [4.78, 5) is 38.4. The number of hydrogen-bond acceptors (Lipinski definition) is 7. The molecule has 0 aromatic heterocycles. The fraction of sp³-hybridized carbons (Fsp3) is 0.407. The van der Waals surface area contributed by atoms with Gasteiger partial charge in [-0.2, -0.15) is 5.26 Å². The zero-order valence-electron chi connectivity index (χ0n) is 21.1. The molecule has 0 fully saturated rings. The highest BCUT2D eigenvalue weighted by Crippen LogP contribution is 2.46. The molecule has 3 rings (SSSR count). The van der Waals surface area contributed by atoms with Gasteiger partial charge in [-0.15, -0.1) is 0 Å². The topological polar surface area (TPSA) is 109 Å². The Labute approximate surface area is 213 Å². The van der Waals surface area contributed by atoms with E-state index in [1.807, 2.05) is 0 Å². The molecule has 0 bridgehead atoms. The normalized spacial score (nSPS) is 13.5. The van der Waals surface area contributed by atoms with Gasteiger partial charge in [0.15, 0.2) is 11.6 Å². The van der Waals surface area contributed by atoms with E-state index in [9.17, 15) is 14.4 Å². The number of nitrogens with one attached hydrogen (secondary N) is 1. The third kappa shape index (κ3) is 6.43. The highest BCUT2D eigenvalue weighted by Gasteiger charge is 2.30. The lowest BCUT2D eigenvalue weighted by atomic mass is 9.83. The lowest BCUT2D eigenvalue weighted by Gasteiger charge is -2.35. The molecule has 1 unspecified atom stereocenters. The highest BCUT2D eigenvalue weighted by molar-refractivity contribution is 7.44. The summed E-state index contributed by atoms with van der Waals surface area (Å²) >= 11 is 0. The number of rotatable bonds is 12. The van der Waals surface area contributed by atoms with E-state index in [1.54, 1.807) is 36.4 Å². The Bertz CT molecular complexity index is 1150. The molecule has 1 aliphatic carbocycles. The van der Waals surface area contributed by atoms with Gasteiger partial charge in [-0.25, -0.2) is 4.67 Å². The molecule has 9 heteroatoms. The lowest BCUT2D eigenvalue weighted by molar-refractivity contribution is 0.0948. The maximum Gasteiger partial charge on any atom is 0.259 e. The molecule has 0 saturated carbocycles. The van der Waals surface area contributed by atoms with Crippen molar-refractivity contribution in [1.29, 1.82) is 5.26 Å². The lowest BCUT2D eigenvalue weighted by Crippen LogP contribution is -2.34. The van der Waals surface area contributed by atoms with Crippen LogP contribution in [-0.2, 0) is 9.05 Å². The average Bonchev–Trinajstić information content (AvgIpc) is 2.86. The van der Waals surface area contributed by atoms with Crippen molar-refractivity contribution in [3.63, 3.8) is 0 Å². The summed E-state index contributed by atoms with van der Waals surface area (Å²) in [7, 11) is -1.33. The summed E-state index contributed by atoms with van der Waals surface area (Å²) in [6.45, 7) is 9.34. The first-order chi connectivity index (χ1) is 17.3. The first kappa shape index (κ1) is 27.6. The molecule has 1 atom stereocenters. The van der Waals surface area contributed by atoms with Crippen molar-refractivity contribution in [3.8, 4) is 6.07 Å². The summed E-state index contributed by atoms with van der Waals surface area (Å²) < 4.78 is 14.0. The SMILES string of the molecule is CC(C)N(C(C)C)P(OCCC#N)OCCCNC(=O)c1ccc2c(c1)C(=O)c1ccccc1C2=O. The zero-order valence-corrected chi connectivity index (χ0v) is 22.0. The van der Waals surface area contributed by atoms with E-state index < -0.39 is 8.53 Å². The number of carbonyl (C=O) groups is 3. The monoisotopic (exact) mass is 509 g/mol. The number of ketones is 2. The van der Waals surface area contributed by atoms with Gasteiger partial charge in [0.25, 0.3) is 14.4 Å². The van der Waals surface area contributed by atoms with Crippen LogP contribution in [-0.4, -0.2) is 54.0 Å². The van der Waals surface area contributed by atoms with E-state index in [0.29, 0.717) is 54.9 Å². The van der Waals surface area contributed by atoms with E-state index >= 15 is 0 Å². The minimum atomic E-state index is -1.33. The number of carbonyl (C=O) groups excluding carboxylic acids is 3. The van der Waals surface area contributed by atoms with E-state index in [1.165, 1.54) is 6.07 Å². The van der Waals surface area contributed by atoms with E-state index in [-0.39, 0.29) is 35.1 Å². The van der Waals surface area contributed by atoms with Gasteiger partial charge in [-0.3, -0.25) is 14.4 Å². The van der Waals surface area contributed by atoms with Gasteiger partial charge in [0.1, 0.15) is 0 Å². The highest BCUT2D eigenvalue weighted by atomic mass is 31.2. The van der Waals surface area contributed by atoms with E-state index in [0.717, 1.165) is 0 Å². The molecule has 1 amide bonds. The quantitative estimate of drug-likeness (QED) is 0.274. The molecule has 36 heavy (non-hydrogen) atoms. The number of nitrogens with zero attached hydrogens (tertiary/aromatic N) is 2. The summed E-state index contributed by atoms with van der Waals surface area (Å²) in [5.41, 5.74) is 1.63. The minimum absolute atomic E-state index is 0.212. The van der Waals surface area contributed by atoms with E-state index in [2.05, 4.69) is 43.8 Å². The second-order valence-electron chi connectivity index (χ2n) is 8.95. The van der Waals surface area contributed by atoms with Crippen LogP contribution >= 0.6 is 8.53 Å². The van der Waals surface area contributed by atoms with Crippen LogP contribution in [0, 0.1) is 11.3 Å². The van der Waals surface area contributed by atoms with Crippen molar-refractivity contribution >= 4 is 26.0 Å². The fourth-order valence-corrected chi connectivity index (χ4v) is 5.70. The molecular weight excluding hydrogens is 477 g/mol. The molecule has 0 spiro atoms. The molecular formula is C27H32N3O5P. The summed E-state index contributed by atoms with van der Waals surface area (Å²) in [6.07, 6.45) is 0.856. The second kappa shape index (κ2) is 12.8. The Morgan fingerprint density at radius 1 is 0.944 bits per heavy atom. The van der Waals surface area contributed by atoms with Crippen molar-refractivity contribution < 1.29 is 23.4 Å². The van der Waals surface area contributed by atoms with Gasteiger partial charge in [0.2, 0.25) is 0 Å². The van der Waals surface area contributed by atoms with Gasteiger partial charge in [-0.1, -0.05) is 24.3 Å². The van der Waals surface area contributed by atoms with Crippen molar-refractivity contribution in [3.05, 3.63) is 70.3 Å². The smallest absolute Gasteiger partial charge is 0.259 e. The number of nitriles is 1. The maximum atomic E-state index is 12.9. The first-order valence-electron chi connectivity index (χ1n) is 12.1. The third-order valence-corrected chi connectivity index (χ3v) is 7.77. The zero-order chi connectivity index (χ0) is 26.2. The van der Waals surface area contributed by atoms with Crippen molar-refractivity contribution in [2.24, 2.45) is 0 Å². The number of amides is 1. The predicted molar refractivity (Wildman–Crippen MR) is 138 cm³/mol. The standard InChI is InChI=1S/C27H32N3O5P/c1-18(2)30(19(3)4)36(34-15-7-13-28)35-16-8-14-29-27(33)20-11-12-23-24(17-20)26(32)22-10-6-5-9-21(22)25(23)31/h5-6,9-12,17-19H,7-8,14-16H2,1-4H3,(H,29,33). The molecule has 0 aliphatic heterocycles. The predicted octanol–water partition coefficient (Wildman–Crippen LogP) is 4.87. The molecule has 1 aliphatic rings. The molecule has 0 heterocycles. The van der Waals surface area contributed by atoms with Crippen LogP contribution in [0.3, 0.4) is 0 Å². The molecule has 2 aromatic rings. The summed E-state index contributed by atoms with van der Waals surface area (Å²) in [6, 6.07) is 13.8. The largest absolute Gasteiger partial charge is 0.352 e. The molecule has 1 N–H and O–H groups in total. The molecule has 0 radical (unpaired) electrons. The van der Waals surface area contributed by atoms with Gasteiger partial charge in [-0.05, 0) is 52.3 Å². The van der Waals surface area contributed by atoms with Gasteiger partial charge >= 0.3 is 0 Å². The van der Waals surface area contributed by atoms with Crippen molar-refractivity contribution in [2.45, 2.75) is 52.6 Å². The Morgan fingerprint density at radius 3 is 2.14 bits per heavy atom. The Balaban J connectivity index is 1.56. The number of benzene rings is 2. The van der Waals surface area contributed by atoms with Crippen LogP contribution < -0.4 is 5.32 Å². The second-order valence-corrected chi connectivity index (χ2v) is 10.4. The minimum Gasteiger partial charge on any atom is -0.352 e. The maximum absolute atomic E-state index is 12.9. The van der Waals surface area contributed by atoms with Gasteiger partial charge < -0.3 is 14.4 Å². The van der Waals surface area contributed by atoms with Crippen LogP contribution in [0.5, 0.6) is 0 Å². The number of fused-ring (bicyclic) bond motifs is 2. The third-order valence-electron chi connectivity index (χ3n) is 5.66. The number of hydrogen-bond donors (Lipinski definition) is 1. The van der Waals surface area contributed by atoms with Crippen LogP contribution in [0.2, 0.25) is 0 Å². The summed E-state index contributed by atoms with van der Waals surface area (Å²) in [5, 5.41) is 11.7. The van der Waals surface area contributed by atoms with Crippen molar-refractivity contribution in [1.82, 2.24) is 9.99 Å². The molecule has 0 saturated heterocycles. The Hall–Kier alpha value is -2.95. The van der Waals surface area contributed by atoms with Crippen LogP contribution in [0.25, 0.3) is 0 Å². The van der Waals surface area contributed by atoms with E-state index in [4.69, 9.17) is 14.3 Å². The van der Waals surface area contributed by atoms with Crippen LogP contribution in [0.1, 0.15) is 82.7 Å². The molecule has 2 aromatic carbocycles. The fourth-order valence-electron chi connectivity index (χ4n) is 4.07. The van der Waals surface area contributed by atoms with Crippen molar-refractivity contribution in [2.75, 3.05) is 19.8 Å². The first-order valence-corrected chi connectivity index (χ1v) is 13.2. The molecule has 190 valence electrons.